The number of hydrogen-bond acceptors (Lipinski definition) is 6. The Kier molecular flexibility index (Phi) is 7.76. The van der Waals surface area contributed by atoms with Gasteiger partial charge in [-0.1, -0.05) is 18.2 Å². The maximum atomic E-state index is 12.6. The fourth-order valence-electron chi connectivity index (χ4n) is 3.00. The SMILES string of the molecule is COc1ccc(CCCNC(=O)C(C)N(c2cccc([N+](=O)[O-])c2)S(C)(=O)=O)cc1. The maximum Gasteiger partial charge on any atom is 0.271 e. The lowest BCUT2D eigenvalue weighted by Crippen LogP contribution is -2.48. The Morgan fingerprint density at radius 3 is 2.47 bits per heavy atom. The predicted molar refractivity (Wildman–Crippen MR) is 114 cm³/mol. The molecule has 1 amide bonds. The summed E-state index contributed by atoms with van der Waals surface area (Å²) in [5.41, 5.74) is 0.897. The van der Waals surface area contributed by atoms with E-state index < -0.39 is 26.9 Å². The summed E-state index contributed by atoms with van der Waals surface area (Å²) in [5.74, 6) is 0.282. The Morgan fingerprint density at radius 1 is 1.23 bits per heavy atom. The summed E-state index contributed by atoms with van der Waals surface area (Å²) in [6, 6.07) is 11.7. The van der Waals surface area contributed by atoms with E-state index in [2.05, 4.69) is 5.32 Å². The van der Waals surface area contributed by atoms with E-state index in [0.717, 1.165) is 34.4 Å². The van der Waals surface area contributed by atoms with Crippen LogP contribution in [0.4, 0.5) is 11.4 Å². The van der Waals surface area contributed by atoms with Crippen LogP contribution in [-0.4, -0.2) is 45.2 Å². The van der Waals surface area contributed by atoms with Gasteiger partial charge in [0.25, 0.3) is 5.69 Å². The zero-order valence-electron chi connectivity index (χ0n) is 17.1. The molecule has 30 heavy (non-hydrogen) atoms. The standard InChI is InChI=1S/C20H25N3O6S/c1-15(20(24)21-13-5-6-16-9-11-19(29-2)12-10-16)22(30(3,27)28)17-7-4-8-18(14-17)23(25)26/h4,7-12,14-15H,5-6,13H2,1-3H3,(H,21,24). The number of amides is 1. The Morgan fingerprint density at radius 2 is 1.90 bits per heavy atom. The van der Waals surface area contributed by atoms with Gasteiger partial charge in [-0.15, -0.1) is 0 Å². The van der Waals surface area contributed by atoms with Gasteiger partial charge >= 0.3 is 0 Å². The van der Waals surface area contributed by atoms with Crippen LogP contribution in [0.2, 0.25) is 0 Å². The molecule has 1 unspecified atom stereocenters. The molecular weight excluding hydrogens is 410 g/mol. The van der Waals surface area contributed by atoms with E-state index in [0.29, 0.717) is 13.0 Å². The molecule has 0 saturated heterocycles. The van der Waals surface area contributed by atoms with Crippen molar-refractivity contribution < 1.29 is 22.9 Å². The van der Waals surface area contributed by atoms with E-state index in [-0.39, 0.29) is 11.4 Å². The molecule has 0 bridgehead atoms. The number of nitro groups is 1. The molecule has 0 aliphatic heterocycles. The fraction of sp³-hybridized carbons (Fsp3) is 0.350. The molecule has 2 aromatic carbocycles. The Bertz CT molecular complexity index is 992. The summed E-state index contributed by atoms with van der Waals surface area (Å²) in [4.78, 5) is 22.9. The number of rotatable bonds is 10. The van der Waals surface area contributed by atoms with E-state index >= 15 is 0 Å². The van der Waals surface area contributed by atoms with Crippen molar-refractivity contribution in [3.05, 3.63) is 64.2 Å². The van der Waals surface area contributed by atoms with Gasteiger partial charge in [0.2, 0.25) is 15.9 Å². The number of anilines is 1. The summed E-state index contributed by atoms with van der Waals surface area (Å²) in [5, 5.41) is 13.7. The first-order valence-electron chi connectivity index (χ1n) is 9.28. The zero-order chi connectivity index (χ0) is 22.3. The van der Waals surface area contributed by atoms with Gasteiger partial charge in [-0.25, -0.2) is 8.42 Å². The van der Waals surface area contributed by atoms with Gasteiger partial charge in [-0.2, -0.15) is 0 Å². The largest absolute Gasteiger partial charge is 0.497 e. The quantitative estimate of drug-likeness (QED) is 0.348. The predicted octanol–water partition coefficient (Wildman–Crippen LogP) is 2.51. The van der Waals surface area contributed by atoms with Crippen LogP contribution in [0.15, 0.2) is 48.5 Å². The number of sulfonamides is 1. The topological polar surface area (TPSA) is 119 Å². The Balaban J connectivity index is 2.01. The molecular formula is C20H25N3O6S. The molecule has 0 aliphatic carbocycles. The second-order valence-corrected chi connectivity index (χ2v) is 8.61. The number of benzene rings is 2. The van der Waals surface area contributed by atoms with Crippen LogP contribution in [0.25, 0.3) is 0 Å². The number of non-ortho nitro benzene ring substituents is 1. The van der Waals surface area contributed by atoms with Crippen LogP contribution in [0.5, 0.6) is 5.75 Å². The van der Waals surface area contributed by atoms with E-state index in [9.17, 15) is 23.3 Å². The minimum absolute atomic E-state index is 0.0626. The average Bonchev–Trinajstić information content (AvgIpc) is 2.70. The third kappa shape index (κ3) is 6.18. The average molecular weight is 436 g/mol. The minimum Gasteiger partial charge on any atom is -0.497 e. The number of nitrogens with zero attached hydrogens (tertiary/aromatic N) is 2. The molecule has 0 aliphatic rings. The lowest BCUT2D eigenvalue weighted by molar-refractivity contribution is -0.384. The Labute approximate surface area is 175 Å². The summed E-state index contributed by atoms with van der Waals surface area (Å²) < 4.78 is 30.6. The second kappa shape index (κ2) is 10.1. The highest BCUT2D eigenvalue weighted by atomic mass is 32.2. The number of nitro benzene ring substituents is 1. The second-order valence-electron chi connectivity index (χ2n) is 6.75. The number of methoxy groups -OCH3 is 1. The van der Waals surface area contributed by atoms with Crippen molar-refractivity contribution in [3.8, 4) is 5.75 Å². The van der Waals surface area contributed by atoms with Crippen molar-refractivity contribution in [2.45, 2.75) is 25.8 Å². The maximum absolute atomic E-state index is 12.6. The normalized spacial score (nSPS) is 12.1. The first-order chi connectivity index (χ1) is 14.1. The highest BCUT2D eigenvalue weighted by Crippen LogP contribution is 2.25. The Hall–Kier alpha value is -3.14. The van der Waals surface area contributed by atoms with Crippen molar-refractivity contribution in [2.24, 2.45) is 0 Å². The summed E-state index contributed by atoms with van der Waals surface area (Å²) >= 11 is 0. The van der Waals surface area contributed by atoms with E-state index in [1.54, 1.807) is 7.11 Å². The van der Waals surface area contributed by atoms with Gasteiger partial charge in [-0.05, 0) is 43.5 Å². The van der Waals surface area contributed by atoms with Crippen molar-refractivity contribution in [1.29, 1.82) is 0 Å². The highest BCUT2D eigenvalue weighted by molar-refractivity contribution is 7.92. The smallest absolute Gasteiger partial charge is 0.271 e. The third-order valence-electron chi connectivity index (χ3n) is 4.48. The molecule has 2 aromatic rings. The summed E-state index contributed by atoms with van der Waals surface area (Å²) in [7, 11) is -2.25. The van der Waals surface area contributed by atoms with Crippen LogP contribution in [-0.2, 0) is 21.2 Å². The lowest BCUT2D eigenvalue weighted by Gasteiger charge is -2.28. The molecule has 0 spiro atoms. The number of nitrogens with one attached hydrogen (secondary N) is 1. The van der Waals surface area contributed by atoms with E-state index in [1.807, 2.05) is 24.3 Å². The lowest BCUT2D eigenvalue weighted by atomic mass is 10.1. The molecule has 0 aromatic heterocycles. The molecule has 0 fully saturated rings. The molecule has 1 atom stereocenters. The molecule has 2 rings (SSSR count). The molecule has 0 saturated carbocycles. The number of hydrogen-bond donors (Lipinski definition) is 1. The van der Waals surface area contributed by atoms with Gasteiger partial charge in [-0.3, -0.25) is 19.2 Å². The van der Waals surface area contributed by atoms with Crippen molar-refractivity contribution in [2.75, 3.05) is 24.2 Å². The van der Waals surface area contributed by atoms with Gasteiger partial charge < -0.3 is 10.1 Å². The van der Waals surface area contributed by atoms with E-state index in [4.69, 9.17) is 4.74 Å². The molecule has 0 radical (unpaired) electrons. The van der Waals surface area contributed by atoms with Gasteiger partial charge in [0.1, 0.15) is 11.8 Å². The monoisotopic (exact) mass is 435 g/mol. The van der Waals surface area contributed by atoms with Crippen LogP contribution >= 0.6 is 0 Å². The minimum atomic E-state index is -3.85. The first kappa shape index (κ1) is 23.1. The van der Waals surface area contributed by atoms with Gasteiger partial charge in [0, 0.05) is 18.7 Å². The number of ether oxygens (including phenoxy) is 1. The number of aryl methyl sites for hydroxylation is 1. The molecule has 1 N–H and O–H groups in total. The van der Waals surface area contributed by atoms with Crippen LogP contribution in [0.1, 0.15) is 18.9 Å². The van der Waals surface area contributed by atoms with Crippen LogP contribution in [0, 0.1) is 10.1 Å². The van der Waals surface area contributed by atoms with E-state index in [1.165, 1.54) is 25.1 Å². The van der Waals surface area contributed by atoms with Crippen molar-refractivity contribution in [1.82, 2.24) is 5.32 Å². The van der Waals surface area contributed by atoms with Crippen LogP contribution < -0.4 is 14.4 Å². The van der Waals surface area contributed by atoms with Gasteiger partial charge in [0.15, 0.2) is 0 Å². The zero-order valence-corrected chi connectivity index (χ0v) is 17.9. The number of carbonyl (C=O) groups is 1. The molecule has 10 heteroatoms. The molecule has 9 nitrogen and oxygen atoms in total. The van der Waals surface area contributed by atoms with Gasteiger partial charge in [0.05, 0.1) is 24.0 Å². The molecule has 162 valence electrons. The summed E-state index contributed by atoms with van der Waals surface area (Å²) in [6.07, 6.45) is 2.36. The van der Waals surface area contributed by atoms with Crippen molar-refractivity contribution >= 4 is 27.3 Å². The summed E-state index contributed by atoms with van der Waals surface area (Å²) in [6.45, 7) is 1.81. The van der Waals surface area contributed by atoms with Crippen molar-refractivity contribution in [3.63, 3.8) is 0 Å². The van der Waals surface area contributed by atoms with Crippen LogP contribution in [0.3, 0.4) is 0 Å². The fourth-order valence-corrected chi connectivity index (χ4v) is 4.16. The number of carbonyl (C=O) groups excluding carboxylic acids is 1. The third-order valence-corrected chi connectivity index (χ3v) is 5.73. The first-order valence-corrected chi connectivity index (χ1v) is 11.1. The highest BCUT2D eigenvalue weighted by Gasteiger charge is 2.29. The molecule has 0 heterocycles.